The van der Waals surface area contributed by atoms with E-state index in [4.69, 9.17) is 14.2 Å². The zero-order chi connectivity index (χ0) is 22.8. The average Bonchev–Trinajstić information content (AvgIpc) is 3.40. The van der Waals surface area contributed by atoms with Crippen LogP contribution in [0.4, 0.5) is 0 Å². The van der Waals surface area contributed by atoms with Gasteiger partial charge in [0, 0.05) is 41.1 Å². The standard InChI is InChI=1S/C26H26N2O5/c1-26(33-25(30)14-18-16-28-22-10-5-3-8-20(18)22)23(11-6-12-31-26)32-24(29)13-17-15-27-21-9-4-2-7-19(17)21/h2-5,7-10,15-16,23,27-28H,6,11-14H2,1H3. The number of fused-ring (bicyclic) bond motifs is 2. The summed E-state index contributed by atoms with van der Waals surface area (Å²) in [7, 11) is 0. The van der Waals surface area contributed by atoms with Gasteiger partial charge in [-0.15, -0.1) is 0 Å². The molecule has 3 heterocycles. The Morgan fingerprint density at radius 3 is 2.15 bits per heavy atom. The number of benzene rings is 2. The Kier molecular flexibility index (Phi) is 5.64. The maximum absolute atomic E-state index is 12.8. The van der Waals surface area contributed by atoms with Crippen molar-refractivity contribution in [2.45, 2.75) is 44.5 Å². The van der Waals surface area contributed by atoms with Crippen molar-refractivity contribution < 1.29 is 23.8 Å². The van der Waals surface area contributed by atoms with E-state index in [-0.39, 0.29) is 18.8 Å². The van der Waals surface area contributed by atoms with Crippen LogP contribution in [-0.2, 0) is 36.6 Å². The summed E-state index contributed by atoms with van der Waals surface area (Å²) in [4.78, 5) is 31.9. The lowest BCUT2D eigenvalue weighted by atomic mass is 10.0. The summed E-state index contributed by atoms with van der Waals surface area (Å²) >= 11 is 0. The topological polar surface area (TPSA) is 93.4 Å². The van der Waals surface area contributed by atoms with Crippen LogP contribution in [0.5, 0.6) is 0 Å². The van der Waals surface area contributed by atoms with E-state index in [9.17, 15) is 9.59 Å². The molecule has 1 aliphatic heterocycles. The number of hydrogen-bond acceptors (Lipinski definition) is 5. The highest BCUT2D eigenvalue weighted by molar-refractivity contribution is 5.88. The number of rotatable bonds is 6. The molecule has 170 valence electrons. The summed E-state index contributed by atoms with van der Waals surface area (Å²) in [5, 5.41) is 1.97. The summed E-state index contributed by atoms with van der Waals surface area (Å²) in [6, 6.07) is 15.6. The first-order valence-electron chi connectivity index (χ1n) is 11.2. The van der Waals surface area contributed by atoms with Crippen LogP contribution < -0.4 is 0 Å². The molecule has 2 atom stereocenters. The van der Waals surface area contributed by atoms with Gasteiger partial charge < -0.3 is 24.2 Å². The van der Waals surface area contributed by atoms with Crippen LogP contribution in [0.25, 0.3) is 21.8 Å². The highest BCUT2D eigenvalue weighted by Crippen LogP contribution is 2.31. The van der Waals surface area contributed by atoms with Crippen molar-refractivity contribution in [3.8, 4) is 0 Å². The maximum Gasteiger partial charge on any atom is 0.312 e. The fourth-order valence-corrected chi connectivity index (χ4v) is 4.49. The van der Waals surface area contributed by atoms with Crippen molar-refractivity contribution in [2.75, 3.05) is 6.61 Å². The fourth-order valence-electron chi connectivity index (χ4n) is 4.49. The number of ether oxygens (including phenoxy) is 3. The molecule has 2 unspecified atom stereocenters. The number of nitrogens with one attached hydrogen (secondary N) is 2. The van der Waals surface area contributed by atoms with Gasteiger partial charge >= 0.3 is 11.9 Å². The first-order chi connectivity index (χ1) is 16.0. The molecule has 5 rings (SSSR count). The summed E-state index contributed by atoms with van der Waals surface area (Å²) in [6.07, 6.45) is 4.48. The van der Waals surface area contributed by atoms with Gasteiger partial charge in [0.1, 0.15) is 0 Å². The zero-order valence-electron chi connectivity index (χ0n) is 18.4. The van der Waals surface area contributed by atoms with Crippen molar-refractivity contribution in [2.24, 2.45) is 0 Å². The molecular formula is C26H26N2O5. The summed E-state index contributed by atoms with van der Waals surface area (Å²) in [6.45, 7) is 2.11. The van der Waals surface area contributed by atoms with E-state index in [0.29, 0.717) is 13.0 Å². The van der Waals surface area contributed by atoms with Crippen molar-refractivity contribution in [3.05, 3.63) is 72.1 Å². The minimum atomic E-state index is -1.32. The molecule has 0 aliphatic carbocycles. The molecule has 1 aliphatic rings. The predicted octanol–water partition coefficient (Wildman–Crippen LogP) is 4.42. The lowest BCUT2D eigenvalue weighted by Crippen LogP contribution is -2.51. The SMILES string of the molecule is CC1(OC(=O)Cc2c[nH]c3ccccc23)OCCCC1OC(=O)Cc1c[nH]c2ccccc12. The van der Waals surface area contributed by atoms with Crippen LogP contribution in [-0.4, -0.2) is 40.4 Å². The Balaban J connectivity index is 1.26. The van der Waals surface area contributed by atoms with Crippen molar-refractivity contribution in [1.29, 1.82) is 0 Å². The van der Waals surface area contributed by atoms with Crippen molar-refractivity contribution in [3.63, 3.8) is 0 Å². The molecule has 2 aromatic carbocycles. The number of para-hydroxylation sites is 2. The molecular weight excluding hydrogens is 420 g/mol. The van der Waals surface area contributed by atoms with Crippen LogP contribution >= 0.6 is 0 Å². The van der Waals surface area contributed by atoms with Crippen molar-refractivity contribution in [1.82, 2.24) is 9.97 Å². The minimum absolute atomic E-state index is 0.0962. The zero-order valence-corrected chi connectivity index (χ0v) is 18.4. The number of carbonyl (C=O) groups is 2. The molecule has 1 saturated heterocycles. The summed E-state index contributed by atoms with van der Waals surface area (Å²) in [5.41, 5.74) is 3.65. The highest BCUT2D eigenvalue weighted by atomic mass is 16.7. The minimum Gasteiger partial charge on any atom is -0.455 e. The second-order valence-corrected chi connectivity index (χ2v) is 8.53. The third kappa shape index (κ3) is 4.36. The van der Waals surface area contributed by atoms with Crippen LogP contribution in [0.1, 0.15) is 30.9 Å². The largest absolute Gasteiger partial charge is 0.455 e. The van der Waals surface area contributed by atoms with Gasteiger partial charge in [-0.25, -0.2) is 0 Å². The molecule has 0 bridgehead atoms. The van der Waals surface area contributed by atoms with Gasteiger partial charge in [0.05, 0.1) is 19.4 Å². The van der Waals surface area contributed by atoms with Crippen LogP contribution in [0, 0.1) is 0 Å². The Bertz CT molecular complexity index is 1310. The molecule has 0 spiro atoms. The van der Waals surface area contributed by atoms with E-state index in [1.165, 1.54) is 0 Å². The molecule has 4 aromatic rings. The van der Waals surface area contributed by atoms with Crippen molar-refractivity contribution >= 4 is 33.7 Å². The number of carbonyl (C=O) groups excluding carboxylic acids is 2. The number of H-pyrrole nitrogens is 2. The molecule has 33 heavy (non-hydrogen) atoms. The lowest BCUT2D eigenvalue weighted by Gasteiger charge is -2.39. The lowest BCUT2D eigenvalue weighted by molar-refractivity contribution is -0.281. The first-order valence-corrected chi connectivity index (χ1v) is 11.2. The quantitative estimate of drug-likeness (QED) is 0.428. The molecule has 0 saturated carbocycles. The van der Waals surface area contributed by atoms with Crippen LogP contribution in [0.15, 0.2) is 60.9 Å². The second kappa shape index (κ2) is 8.75. The smallest absolute Gasteiger partial charge is 0.312 e. The summed E-state index contributed by atoms with van der Waals surface area (Å²) in [5.74, 6) is -2.13. The third-order valence-corrected chi connectivity index (χ3v) is 6.19. The van der Waals surface area contributed by atoms with E-state index in [1.807, 2.05) is 60.9 Å². The van der Waals surface area contributed by atoms with E-state index >= 15 is 0 Å². The Hall–Kier alpha value is -3.58. The Morgan fingerprint density at radius 1 is 0.939 bits per heavy atom. The first kappa shape index (κ1) is 21.3. The van der Waals surface area contributed by atoms with E-state index in [1.54, 1.807) is 6.92 Å². The number of aromatic amines is 2. The third-order valence-electron chi connectivity index (χ3n) is 6.19. The van der Waals surface area contributed by atoms with Gasteiger partial charge in [-0.3, -0.25) is 9.59 Å². The van der Waals surface area contributed by atoms with E-state index in [0.717, 1.165) is 39.4 Å². The number of hydrogen-bond donors (Lipinski definition) is 2. The van der Waals surface area contributed by atoms with Gasteiger partial charge in [0.2, 0.25) is 5.79 Å². The normalized spacial score (nSPS) is 20.7. The molecule has 7 heteroatoms. The molecule has 0 radical (unpaired) electrons. The number of esters is 2. The van der Waals surface area contributed by atoms with E-state index in [2.05, 4.69) is 9.97 Å². The Morgan fingerprint density at radius 2 is 1.52 bits per heavy atom. The van der Waals surface area contributed by atoms with Crippen LogP contribution in [0.2, 0.25) is 0 Å². The molecule has 2 aromatic heterocycles. The average molecular weight is 447 g/mol. The maximum atomic E-state index is 12.8. The van der Waals surface area contributed by atoms with E-state index < -0.39 is 17.9 Å². The van der Waals surface area contributed by atoms with Gasteiger partial charge in [0.25, 0.3) is 0 Å². The Labute approximate surface area is 191 Å². The molecule has 2 N–H and O–H groups in total. The monoisotopic (exact) mass is 446 g/mol. The van der Waals surface area contributed by atoms with Gasteiger partial charge in [-0.2, -0.15) is 0 Å². The van der Waals surface area contributed by atoms with Crippen LogP contribution in [0.3, 0.4) is 0 Å². The second-order valence-electron chi connectivity index (χ2n) is 8.53. The summed E-state index contributed by atoms with van der Waals surface area (Å²) < 4.78 is 17.4. The van der Waals surface area contributed by atoms with Gasteiger partial charge in [0.15, 0.2) is 6.10 Å². The number of aromatic nitrogens is 2. The fraction of sp³-hybridized carbons (Fsp3) is 0.308. The predicted molar refractivity (Wildman–Crippen MR) is 124 cm³/mol. The van der Waals surface area contributed by atoms with Gasteiger partial charge in [-0.1, -0.05) is 36.4 Å². The van der Waals surface area contributed by atoms with Gasteiger partial charge in [-0.05, 0) is 36.1 Å². The molecule has 7 nitrogen and oxygen atoms in total. The molecule has 0 amide bonds. The highest BCUT2D eigenvalue weighted by Gasteiger charge is 2.44. The molecule has 1 fully saturated rings.